The van der Waals surface area contributed by atoms with Gasteiger partial charge in [0, 0.05) is 16.6 Å². The first kappa shape index (κ1) is 9.71. The summed E-state index contributed by atoms with van der Waals surface area (Å²) >= 11 is 0. The van der Waals surface area contributed by atoms with Crippen molar-refractivity contribution in [3.8, 4) is 0 Å². The van der Waals surface area contributed by atoms with Gasteiger partial charge in [0.05, 0.1) is 0 Å². The van der Waals surface area contributed by atoms with Crippen molar-refractivity contribution >= 4 is 16.8 Å². The SMILES string of the molecule is O=C(O)CS(=O)CC1CCCC1. The molecule has 0 radical (unpaired) electrons. The van der Waals surface area contributed by atoms with E-state index in [0.717, 1.165) is 12.8 Å². The van der Waals surface area contributed by atoms with E-state index in [-0.39, 0.29) is 5.75 Å². The molecule has 0 aromatic heterocycles. The molecule has 0 aromatic carbocycles. The molecule has 1 unspecified atom stereocenters. The van der Waals surface area contributed by atoms with Gasteiger partial charge in [-0.15, -0.1) is 0 Å². The lowest BCUT2D eigenvalue weighted by molar-refractivity contribution is -0.133. The zero-order chi connectivity index (χ0) is 8.97. The second kappa shape index (κ2) is 4.60. The molecule has 1 rings (SSSR count). The van der Waals surface area contributed by atoms with Gasteiger partial charge in [-0.05, 0) is 18.8 Å². The van der Waals surface area contributed by atoms with Gasteiger partial charge in [0.2, 0.25) is 0 Å². The van der Waals surface area contributed by atoms with E-state index in [1.54, 1.807) is 0 Å². The predicted molar refractivity (Wildman–Crippen MR) is 47.5 cm³/mol. The van der Waals surface area contributed by atoms with Crippen LogP contribution in [-0.2, 0) is 15.6 Å². The average molecular weight is 190 g/mol. The maximum absolute atomic E-state index is 11.1. The van der Waals surface area contributed by atoms with E-state index >= 15 is 0 Å². The van der Waals surface area contributed by atoms with E-state index < -0.39 is 16.8 Å². The van der Waals surface area contributed by atoms with Crippen LogP contribution < -0.4 is 0 Å². The van der Waals surface area contributed by atoms with E-state index in [1.807, 2.05) is 0 Å². The Bertz CT molecular complexity index is 185. The molecular weight excluding hydrogens is 176 g/mol. The molecule has 0 saturated heterocycles. The minimum absolute atomic E-state index is 0.184. The van der Waals surface area contributed by atoms with E-state index in [2.05, 4.69) is 0 Å². The summed E-state index contributed by atoms with van der Waals surface area (Å²) in [5, 5.41) is 8.36. The molecule has 0 amide bonds. The minimum Gasteiger partial charge on any atom is -0.481 e. The minimum atomic E-state index is -1.14. The van der Waals surface area contributed by atoms with Crippen LogP contribution in [0.15, 0.2) is 0 Å². The van der Waals surface area contributed by atoms with Crippen molar-refractivity contribution in [1.29, 1.82) is 0 Å². The fraction of sp³-hybridized carbons (Fsp3) is 0.875. The molecule has 1 aliphatic carbocycles. The molecule has 12 heavy (non-hydrogen) atoms. The van der Waals surface area contributed by atoms with Gasteiger partial charge in [0.25, 0.3) is 0 Å². The first-order valence-electron chi connectivity index (χ1n) is 4.25. The first-order valence-corrected chi connectivity index (χ1v) is 5.74. The predicted octanol–water partition coefficient (Wildman–Crippen LogP) is 1.01. The van der Waals surface area contributed by atoms with Crippen molar-refractivity contribution in [2.45, 2.75) is 25.7 Å². The molecule has 1 atom stereocenters. The third kappa shape index (κ3) is 3.34. The molecule has 70 valence electrons. The molecule has 1 saturated carbocycles. The number of hydrogen-bond donors (Lipinski definition) is 1. The summed E-state index contributed by atoms with van der Waals surface area (Å²) in [6.45, 7) is 0. The molecule has 0 aliphatic heterocycles. The molecule has 3 nitrogen and oxygen atoms in total. The highest BCUT2D eigenvalue weighted by Crippen LogP contribution is 2.25. The van der Waals surface area contributed by atoms with Gasteiger partial charge in [0.1, 0.15) is 5.75 Å². The Labute approximate surface area is 74.6 Å². The topological polar surface area (TPSA) is 54.4 Å². The Hall–Kier alpha value is -0.380. The number of aliphatic carboxylic acids is 1. The summed E-state index contributed by atoms with van der Waals surface area (Å²) in [4.78, 5) is 10.2. The number of hydrogen-bond acceptors (Lipinski definition) is 2. The highest BCUT2D eigenvalue weighted by molar-refractivity contribution is 7.85. The Morgan fingerprint density at radius 1 is 1.42 bits per heavy atom. The van der Waals surface area contributed by atoms with Crippen molar-refractivity contribution in [3.05, 3.63) is 0 Å². The summed E-state index contributed by atoms with van der Waals surface area (Å²) in [5.41, 5.74) is 0. The van der Waals surface area contributed by atoms with Gasteiger partial charge in [-0.1, -0.05) is 12.8 Å². The molecule has 1 N–H and O–H groups in total. The van der Waals surface area contributed by atoms with Crippen LogP contribution in [0.3, 0.4) is 0 Å². The highest BCUT2D eigenvalue weighted by atomic mass is 32.2. The smallest absolute Gasteiger partial charge is 0.316 e. The molecule has 0 heterocycles. The maximum atomic E-state index is 11.1. The van der Waals surface area contributed by atoms with Crippen LogP contribution in [0.1, 0.15) is 25.7 Å². The monoisotopic (exact) mass is 190 g/mol. The van der Waals surface area contributed by atoms with Crippen LogP contribution in [-0.4, -0.2) is 26.8 Å². The van der Waals surface area contributed by atoms with E-state index in [1.165, 1.54) is 12.8 Å². The number of carboxylic acid groups (broad SMARTS) is 1. The third-order valence-electron chi connectivity index (χ3n) is 2.18. The van der Waals surface area contributed by atoms with Crippen LogP contribution in [0.25, 0.3) is 0 Å². The number of carbonyl (C=O) groups is 1. The molecular formula is C8H14O3S. The summed E-state index contributed by atoms with van der Waals surface area (Å²) in [6, 6.07) is 0. The standard InChI is InChI=1S/C8H14O3S/c9-8(10)6-12(11)5-7-3-1-2-4-7/h7H,1-6H2,(H,9,10). The lowest BCUT2D eigenvalue weighted by atomic mass is 10.1. The number of carboxylic acids is 1. The van der Waals surface area contributed by atoms with Crippen LogP contribution in [0.2, 0.25) is 0 Å². The lowest BCUT2D eigenvalue weighted by Crippen LogP contribution is -2.16. The lowest BCUT2D eigenvalue weighted by Gasteiger charge is -2.05. The van der Waals surface area contributed by atoms with Gasteiger partial charge in [0.15, 0.2) is 0 Å². The van der Waals surface area contributed by atoms with Gasteiger partial charge in [-0.3, -0.25) is 9.00 Å². The van der Waals surface area contributed by atoms with Crippen molar-refractivity contribution in [2.75, 3.05) is 11.5 Å². The van der Waals surface area contributed by atoms with Crippen molar-refractivity contribution in [2.24, 2.45) is 5.92 Å². The zero-order valence-corrected chi connectivity index (χ0v) is 7.81. The molecule has 1 fully saturated rings. The summed E-state index contributed by atoms with van der Waals surface area (Å²) in [7, 11) is -1.14. The normalized spacial score (nSPS) is 21.0. The van der Waals surface area contributed by atoms with E-state index in [4.69, 9.17) is 5.11 Å². The molecule has 0 spiro atoms. The quantitative estimate of drug-likeness (QED) is 0.719. The van der Waals surface area contributed by atoms with Gasteiger partial charge >= 0.3 is 5.97 Å². The van der Waals surface area contributed by atoms with Crippen molar-refractivity contribution < 1.29 is 14.1 Å². The molecule has 0 aromatic rings. The second-order valence-electron chi connectivity index (χ2n) is 3.30. The van der Waals surface area contributed by atoms with Gasteiger partial charge in [-0.2, -0.15) is 0 Å². The fourth-order valence-corrected chi connectivity index (χ4v) is 2.89. The molecule has 0 bridgehead atoms. The summed E-state index contributed by atoms with van der Waals surface area (Å²) < 4.78 is 11.1. The number of rotatable bonds is 4. The van der Waals surface area contributed by atoms with E-state index in [0.29, 0.717) is 11.7 Å². The Morgan fingerprint density at radius 3 is 2.50 bits per heavy atom. The van der Waals surface area contributed by atoms with Crippen LogP contribution in [0.5, 0.6) is 0 Å². The van der Waals surface area contributed by atoms with Gasteiger partial charge < -0.3 is 5.11 Å². The average Bonchev–Trinajstić information content (AvgIpc) is 2.37. The molecule has 1 aliphatic rings. The maximum Gasteiger partial charge on any atom is 0.316 e. The Balaban J connectivity index is 2.20. The van der Waals surface area contributed by atoms with E-state index in [9.17, 15) is 9.00 Å². The first-order chi connectivity index (χ1) is 5.68. The molecule has 4 heteroatoms. The highest BCUT2D eigenvalue weighted by Gasteiger charge is 2.18. The Morgan fingerprint density at radius 2 is 2.00 bits per heavy atom. The largest absolute Gasteiger partial charge is 0.481 e. The fourth-order valence-electron chi connectivity index (χ4n) is 1.64. The van der Waals surface area contributed by atoms with Crippen molar-refractivity contribution in [1.82, 2.24) is 0 Å². The van der Waals surface area contributed by atoms with Crippen LogP contribution in [0.4, 0.5) is 0 Å². The summed E-state index contributed by atoms with van der Waals surface area (Å²) in [5.74, 6) is -0.0282. The zero-order valence-electron chi connectivity index (χ0n) is 6.99. The van der Waals surface area contributed by atoms with Crippen LogP contribution >= 0.6 is 0 Å². The van der Waals surface area contributed by atoms with Gasteiger partial charge in [-0.25, -0.2) is 0 Å². The second-order valence-corrected chi connectivity index (χ2v) is 4.80. The third-order valence-corrected chi connectivity index (χ3v) is 3.59. The van der Waals surface area contributed by atoms with Crippen molar-refractivity contribution in [3.63, 3.8) is 0 Å². The van der Waals surface area contributed by atoms with Crippen LogP contribution in [0, 0.1) is 5.92 Å². The summed E-state index contributed by atoms with van der Waals surface area (Å²) in [6.07, 6.45) is 4.70. The Kier molecular flexibility index (Phi) is 3.72.